The maximum atomic E-state index is 13.2. The summed E-state index contributed by atoms with van der Waals surface area (Å²) in [6.07, 6.45) is -3.91. The molecule has 1 rings (SSSR count). The molecule has 0 aliphatic heterocycles. The van der Waals surface area contributed by atoms with Crippen molar-refractivity contribution in [3.05, 3.63) is 24.3 Å². The van der Waals surface area contributed by atoms with Crippen LogP contribution in [0.25, 0.3) is 0 Å². The molecule has 1 aromatic carbocycles. The summed E-state index contributed by atoms with van der Waals surface area (Å²) in [7, 11) is 0. The zero-order valence-electron chi connectivity index (χ0n) is 8.72. The Hall–Kier alpha value is -0.450. The van der Waals surface area contributed by atoms with E-state index in [4.69, 9.17) is 39.5 Å². The zero-order chi connectivity index (χ0) is 13.1. The van der Waals surface area contributed by atoms with E-state index in [1.165, 1.54) is 24.3 Å². The Kier molecular flexibility index (Phi) is 4.69. The number of hydrogen-bond donors (Lipinski definition) is 0. The monoisotopic (exact) mass is 304 g/mol. The molecule has 7 heteroatoms. The fraction of sp³-hybridized carbons (Fsp3) is 0.400. The van der Waals surface area contributed by atoms with Crippen LogP contribution in [-0.2, 0) is 0 Å². The van der Waals surface area contributed by atoms with Gasteiger partial charge in [-0.05, 0) is 31.2 Å². The molecule has 0 bridgehead atoms. The summed E-state index contributed by atoms with van der Waals surface area (Å²) in [6, 6.07) is 5.56. The van der Waals surface area contributed by atoms with E-state index in [2.05, 4.69) is 4.74 Å². The average molecular weight is 306 g/mol. The summed E-state index contributed by atoms with van der Waals surface area (Å²) >= 11 is 15.3. The van der Waals surface area contributed by atoms with Crippen LogP contribution in [0.5, 0.6) is 11.5 Å². The van der Waals surface area contributed by atoms with Gasteiger partial charge in [-0.25, -0.2) is 0 Å². The normalized spacial score (nSPS) is 12.4. The van der Waals surface area contributed by atoms with Gasteiger partial charge in [0.25, 0.3) is 3.79 Å². The van der Waals surface area contributed by atoms with E-state index in [1.54, 1.807) is 6.92 Å². The Labute approximate surface area is 112 Å². The molecule has 0 radical (unpaired) electrons. The molecule has 0 aliphatic carbocycles. The highest BCUT2D eigenvalue weighted by atomic mass is 35.6. The molecular weight excluding hydrogens is 296 g/mol. The Morgan fingerprint density at radius 1 is 1.06 bits per heavy atom. The SMILES string of the molecule is CCOc1ccc(OC(F)(F)C(Cl)(Cl)Cl)cc1. The number of hydrogen-bond acceptors (Lipinski definition) is 2. The lowest BCUT2D eigenvalue weighted by Gasteiger charge is -2.24. The van der Waals surface area contributed by atoms with Crippen molar-refractivity contribution in [1.29, 1.82) is 0 Å². The summed E-state index contributed by atoms with van der Waals surface area (Å²) in [5.74, 6) is 0.418. The van der Waals surface area contributed by atoms with Crippen LogP contribution in [0.2, 0.25) is 0 Å². The largest absolute Gasteiger partial charge is 0.494 e. The lowest BCUT2D eigenvalue weighted by molar-refractivity contribution is -0.171. The number of benzene rings is 1. The number of rotatable bonds is 4. The highest BCUT2D eigenvalue weighted by molar-refractivity contribution is 6.68. The minimum atomic E-state index is -3.91. The molecule has 0 fully saturated rings. The second kappa shape index (κ2) is 5.46. The Bertz CT molecular complexity index is 363. The van der Waals surface area contributed by atoms with E-state index in [-0.39, 0.29) is 5.75 Å². The molecule has 0 amide bonds. The molecule has 0 heterocycles. The van der Waals surface area contributed by atoms with Crippen molar-refractivity contribution in [3.8, 4) is 11.5 Å². The maximum Gasteiger partial charge on any atom is 0.446 e. The van der Waals surface area contributed by atoms with Crippen LogP contribution < -0.4 is 9.47 Å². The van der Waals surface area contributed by atoms with Crippen LogP contribution in [0.1, 0.15) is 6.92 Å². The molecule has 0 atom stereocenters. The van der Waals surface area contributed by atoms with Crippen LogP contribution in [0.4, 0.5) is 8.78 Å². The first-order valence-electron chi connectivity index (χ1n) is 4.62. The highest BCUT2D eigenvalue weighted by Gasteiger charge is 2.53. The summed E-state index contributed by atoms with van der Waals surface area (Å²) in [4.78, 5) is 0. The second-order valence-electron chi connectivity index (χ2n) is 3.02. The third kappa shape index (κ3) is 4.05. The van der Waals surface area contributed by atoms with Gasteiger partial charge in [-0.2, -0.15) is 8.78 Å². The first-order valence-corrected chi connectivity index (χ1v) is 5.76. The third-order valence-electron chi connectivity index (χ3n) is 1.71. The minimum Gasteiger partial charge on any atom is -0.494 e. The van der Waals surface area contributed by atoms with E-state index in [9.17, 15) is 8.78 Å². The first-order chi connectivity index (χ1) is 7.76. The van der Waals surface area contributed by atoms with Gasteiger partial charge in [0.2, 0.25) is 0 Å². The predicted octanol–water partition coefficient (Wildman–Crippen LogP) is 4.43. The van der Waals surface area contributed by atoms with Gasteiger partial charge in [-0.15, -0.1) is 0 Å². The van der Waals surface area contributed by atoms with Gasteiger partial charge in [-0.3, -0.25) is 0 Å². The standard InChI is InChI=1S/C10H9Cl3F2O2/c1-2-16-7-3-5-8(6-4-7)17-10(14,15)9(11,12)13/h3-6H,2H2,1H3. The van der Waals surface area contributed by atoms with E-state index in [1.807, 2.05) is 0 Å². The number of alkyl halides is 5. The molecule has 0 unspecified atom stereocenters. The molecule has 96 valence electrons. The van der Waals surface area contributed by atoms with Crippen molar-refractivity contribution in [3.63, 3.8) is 0 Å². The second-order valence-corrected chi connectivity index (χ2v) is 5.30. The number of ether oxygens (including phenoxy) is 2. The molecular formula is C10H9Cl3F2O2. The van der Waals surface area contributed by atoms with Crippen molar-refractivity contribution in [2.24, 2.45) is 0 Å². The summed E-state index contributed by atoms with van der Waals surface area (Å²) in [5, 5.41) is 0. The van der Waals surface area contributed by atoms with Gasteiger partial charge in [0, 0.05) is 0 Å². The Balaban J connectivity index is 2.76. The van der Waals surface area contributed by atoms with Crippen molar-refractivity contribution < 1.29 is 18.3 Å². The quantitative estimate of drug-likeness (QED) is 0.766. The molecule has 0 spiro atoms. The summed E-state index contributed by atoms with van der Waals surface area (Å²) in [5.41, 5.74) is 0. The van der Waals surface area contributed by atoms with E-state index >= 15 is 0 Å². The molecule has 0 aliphatic rings. The molecule has 0 saturated carbocycles. The van der Waals surface area contributed by atoms with Gasteiger partial charge in [0.05, 0.1) is 6.61 Å². The van der Waals surface area contributed by atoms with Gasteiger partial charge in [-0.1, -0.05) is 34.8 Å². The lowest BCUT2D eigenvalue weighted by Crippen LogP contribution is -2.39. The fourth-order valence-corrected chi connectivity index (χ4v) is 1.09. The average Bonchev–Trinajstić information content (AvgIpc) is 2.19. The van der Waals surface area contributed by atoms with Gasteiger partial charge < -0.3 is 9.47 Å². The molecule has 1 aromatic rings. The fourth-order valence-electron chi connectivity index (χ4n) is 0.976. The van der Waals surface area contributed by atoms with Crippen LogP contribution in [0.3, 0.4) is 0 Å². The van der Waals surface area contributed by atoms with Gasteiger partial charge in [0.15, 0.2) is 0 Å². The van der Waals surface area contributed by atoms with Crippen LogP contribution in [0.15, 0.2) is 24.3 Å². The topological polar surface area (TPSA) is 18.5 Å². The van der Waals surface area contributed by atoms with Crippen LogP contribution in [0, 0.1) is 0 Å². The smallest absolute Gasteiger partial charge is 0.446 e. The van der Waals surface area contributed by atoms with Crippen LogP contribution in [-0.4, -0.2) is 16.5 Å². The van der Waals surface area contributed by atoms with E-state index in [0.717, 1.165) is 0 Å². The van der Waals surface area contributed by atoms with E-state index in [0.29, 0.717) is 12.4 Å². The molecule has 0 aromatic heterocycles. The van der Waals surface area contributed by atoms with Crippen molar-refractivity contribution in [2.75, 3.05) is 6.61 Å². The number of halogens is 5. The maximum absolute atomic E-state index is 13.2. The molecule has 2 nitrogen and oxygen atoms in total. The first kappa shape index (κ1) is 14.6. The zero-order valence-corrected chi connectivity index (χ0v) is 11.0. The van der Waals surface area contributed by atoms with Gasteiger partial charge >= 0.3 is 6.11 Å². The summed E-state index contributed by atoms with van der Waals surface area (Å²) < 4.78 is 33.1. The molecule has 17 heavy (non-hydrogen) atoms. The molecule has 0 N–H and O–H groups in total. The summed E-state index contributed by atoms with van der Waals surface area (Å²) in [6.45, 7) is 2.28. The Morgan fingerprint density at radius 2 is 1.53 bits per heavy atom. The van der Waals surface area contributed by atoms with E-state index < -0.39 is 9.90 Å². The minimum absolute atomic E-state index is 0.121. The van der Waals surface area contributed by atoms with Crippen molar-refractivity contribution in [2.45, 2.75) is 16.8 Å². The Morgan fingerprint density at radius 3 is 1.94 bits per heavy atom. The van der Waals surface area contributed by atoms with Crippen molar-refractivity contribution in [1.82, 2.24) is 0 Å². The predicted molar refractivity (Wildman–Crippen MR) is 63.5 cm³/mol. The highest BCUT2D eigenvalue weighted by Crippen LogP contribution is 2.43. The van der Waals surface area contributed by atoms with Gasteiger partial charge in [0.1, 0.15) is 11.5 Å². The van der Waals surface area contributed by atoms with Crippen LogP contribution >= 0.6 is 34.8 Å². The lowest BCUT2D eigenvalue weighted by atomic mass is 10.3. The third-order valence-corrected chi connectivity index (χ3v) is 2.37. The van der Waals surface area contributed by atoms with Crippen molar-refractivity contribution >= 4 is 34.8 Å². The molecule has 0 saturated heterocycles.